The van der Waals surface area contributed by atoms with Gasteiger partial charge in [0.15, 0.2) is 6.61 Å². The van der Waals surface area contributed by atoms with Crippen molar-refractivity contribution in [3.63, 3.8) is 0 Å². The van der Waals surface area contributed by atoms with E-state index in [-0.39, 0.29) is 18.2 Å². The lowest BCUT2D eigenvalue weighted by Crippen LogP contribution is -2.34. The van der Waals surface area contributed by atoms with Crippen LogP contribution in [0.15, 0.2) is 54.9 Å². The van der Waals surface area contributed by atoms with E-state index in [2.05, 4.69) is 26.1 Å². The largest absolute Gasteiger partial charge is 0.484 e. The molecule has 1 aromatic heterocycles. The number of rotatable bonds is 8. The fraction of sp³-hybridized carbons (Fsp3) is 0.150. The summed E-state index contributed by atoms with van der Waals surface area (Å²) < 4.78 is 5.33. The summed E-state index contributed by atoms with van der Waals surface area (Å²) in [5.41, 5.74) is 7.05. The zero-order chi connectivity index (χ0) is 21.5. The van der Waals surface area contributed by atoms with Crippen molar-refractivity contribution in [3.05, 3.63) is 76.1 Å². The van der Waals surface area contributed by atoms with Gasteiger partial charge in [0.05, 0.1) is 4.92 Å². The highest BCUT2D eigenvalue weighted by molar-refractivity contribution is 5.81. The molecular weight excluding hydrogens is 388 g/mol. The standard InChI is InChI=1S/C20H20N6O4/c1-13-8-9-16(14(2)10-13)23-19-18(26(28)29)20(22-12-21-19)25-24-17(27)11-30-15-6-4-3-5-7-15/h3-10,12H,11H2,1-2H3,(H,24,27)(H2,21,22,23,25). The van der Waals surface area contributed by atoms with Gasteiger partial charge in [0.1, 0.15) is 12.1 Å². The number of para-hydroxylation sites is 1. The fourth-order valence-corrected chi connectivity index (χ4v) is 2.65. The molecule has 10 heteroatoms. The number of hydrogen-bond acceptors (Lipinski definition) is 8. The molecule has 0 unspecified atom stereocenters. The van der Waals surface area contributed by atoms with Crippen LogP contribution in [0.3, 0.4) is 0 Å². The lowest BCUT2D eigenvalue weighted by atomic mass is 10.1. The van der Waals surface area contributed by atoms with Crippen LogP contribution in [0.25, 0.3) is 0 Å². The molecule has 0 spiro atoms. The predicted molar refractivity (Wildman–Crippen MR) is 112 cm³/mol. The van der Waals surface area contributed by atoms with E-state index in [1.54, 1.807) is 24.3 Å². The Morgan fingerprint density at radius 1 is 1.10 bits per heavy atom. The van der Waals surface area contributed by atoms with Crippen LogP contribution in [-0.4, -0.2) is 27.4 Å². The van der Waals surface area contributed by atoms with Gasteiger partial charge in [0, 0.05) is 5.69 Å². The van der Waals surface area contributed by atoms with Gasteiger partial charge in [-0.3, -0.25) is 25.8 Å². The molecule has 0 saturated heterocycles. The lowest BCUT2D eigenvalue weighted by molar-refractivity contribution is -0.383. The first-order chi connectivity index (χ1) is 14.4. The second-order valence-corrected chi connectivity index (χ2v) is 6.39. The van der Waals surface area contributed by atoms with E-state index in [4.69, 9.17) is 4.74 Å². The molecule has 0 radical (unpaired) electrons. The molecule has 30 heavy (non-hydrogen) atoms. The minimum Gasteiger partial charge on any atom is -0.484 e. The minimum absolute atomic E-state index is 0.000706. The van der Waals surface area contributed by atoms with Gasteiger partial charge in [0.25, 0.3) is 5.91 Å². The number of hydrogen-bond donors (Lipinski definition) is 3. The number of carbonyl (C=O) groups excluding carboxylic acids is 1. The number of aryl methyl sites for hydroxylation is 2. The number of benzene rings is 2. The van der Waals surface area contributed by atoms with Gasteiger partial charge in [-0.1, -0.05) is 35.9 Å². The number of nitro groups is 1. The van der Waals surface area contributed by atoms with Gasteiger partial charge < -0.3 is 10.1 Å². The summed E-state index contributed by atoms with van der Waals surface area (Å²) in [6.45, 7) is 3.56. The summed E-state index contributed by atoms with van der Waals surface area (Å²) in [6, 6.07) is 14.4. The van der Waals surface area contributed by atoms with E-state index >= 15 is 0 Å². The third kappa shape index (κ3) is 5.19. The summed E-state index contributed by atoms with van der Waals surface area (Å²) in [5.74, 6) is -0.161. The van der Waals surface area contributed by atoms with Crippen molar-refractivity contribution in [3.8, 4) is 5.75 Å². The van der Waals surface area contributed by atoms with Crippen LogP contribution < -0.4 is 20.9 Å². The number of amides is 1. The first-order valence-corrected chi connectivity index (χ1v) is 9.00. The quantitative estimate of drug-likeness (QED) is 0.382. The summed E-state index contributed by atoms with van der Waals surface area (Å²) in [4.78, 5) is 30.9. The number of carbonyl (C=O) groups is 1. The molecule has 3 rings (SSSR count). The van der Waals surface area contributed by atoms with Gasteiger partial charge in [-0.05, 0) is 37.6 Å². The van der Waals surface area contributed by atoms with Crippen LogP contribution in [0.4, 0.5) is 23.0 Å². The molecule has 10 nitrogen and oxygen atoms in total. The first kappa shape index (κ1) is 20.5. The van der Waals surface area contributed by atoms with Crippen LogP contribution >= 0.6 is 0 Å². The predicted octanol–water partition coefficient (Wildman–Crippen LogP) is 3.27. The highest BCUT2D eigenvalue weighted by Crippen LogP contribution is 2.31. The van der Waals surface area contributed by atoms with E-state index in [9.17, 15) is 14.9 Å². The molecule has 1 amide bonds. The molecule has 0 atom stereocenters. The highest BCUT2D eigenvalue weighted by Gasteiger charge is 2.24. The average molecular weight is 408 g/mol. The molecule has 0 fully saturated rings. The van der Waals surface area contributed by atoms with E-state index in [1.165, 1.54) is 0 Å². The van der Waals surface area contributed by atoms with Gasteiger partial charge in [-0.2, -0.15) is 0 Å². The Bertz CT molecular complexity index is 1060. The Labute approximate surface area is 172 Å². The Balaban J connectivity index is 1.71. The third-order valence-corrected chi connectivity index (χ3v) is 4.07. The number of nitrogens with one attached hydrogen (secondary N) is 3. The monoisotopic (exact) mass is 408 g/mol. The van der Waals surface area contributed by atoms with Crippen molar-refractivity contribution in [1.82, 2.24) is 15.4 Å². The Morgan fingerprint density at radius 3 is 2.53 bits per heavy atom. The Kier molecular flexibility index (Phi) is 6.38. The van der Waals surface area contributed by atoms with Crippen molar-refractivity contribution < 1.29 is 14.5 Å². The van der Waals surface area contributed by atoms with Gasteiger partial charge in [-0.15, -0.1) is 0 Å². The zero-order valence-electron chi connectivity index (χ0n) is 16.4. The van der Waals surface area contributed by atoms with Crippen molar-refractivity contribution in [2.75, 3.05) is 17.3 Å². The van der Waals surface area contributed by atoms with E-state index < -0.39 is 16.5 Å². The molecule has 0 aliphatic heterocycles. The van der Waals surface area contributed by atoms with E-state index in [0.29, 0.717) is 11.4 Å². The van der Waals surface area contributed by atoms with Crippen LogP contribution in [0.5, 0.6) is 5.75 Å². The van der Waals surface area contributed by atoms with Crippen molar-refractivity contribution in [2.24, 2.45) is 0 Å². The molecule has 0 aliphatic rings. The number of anilines is 3. The maximum atomic E-state index is 12.0. The molecule has 0 bridgehead atoms. The highest BCUT2D eigenvalue weighted by atomic mass is 16.6. The number of nitrogens with zero attached hydrogens (tertiary/aromatic N) is 3. The van der Waals surface area contributed by atoms with Crippen LogP contribution in [0.2, 0.25) is 0 Å². The van der Waals surface area contributed by atoms with E-state index in [0.717, 1.165) is 17.5 Å². The molecule has 1 heterocycles. The number of hydrazine groups is 1. The van der Waals surface area contributed by atoms with Crippen molar-refractivity contribution >= 4 is 28.9 Å². The lowest BCUT2D eigenvalue weighted by Gasteiger charge is -2.12. The Morgan fingerprint density at radius 2 is 1.83 bits per heavy atom. The Hall–Kier alpha value is -4.21. The second kappa shape index (κ2) is 9.32. The molecular formula is C20H20N6O4. The van der Waals surface area contributed by atoms with Crippen molar-refractivity contribution in [1.29, 1.82) is 0 Å². The molecule has 3 aromatic rings. The van der Waals surface area contributed by atoms with Crippen LogP contribution in [0.1, 0.15) is 11.1 Å². The normalized spacial score (nSPS) is 10.2. The van der Waals surface area contributed by atoms with Gasteiger partial charge >= 0.3 is 5.69 Å². The minimum atomic E-state index is -0.624. The summed E-state index contributed by atoms with van der Waals surface area (Å²) in [6.07, 6.45) is 1.16. The maximum Gasteiger partial charge on any atom is 0.355 e. The molecule has 2 aromatic carbocycles. The van der Waals surface area contributed by atoms with Crippen molar-refractivity contribution in [2.45, 2.75) is 13.8 Å². The molecule has 0 saturated carbocycles. The smallest absolute Gasteiger partial charge is 0.355 e. The number of ether oxygens (including phenoxy) is 1. The molecule has 0 aliphatic carbocycles. The number of aromatic nitrogens is 2. The summed E-state index contributed by atoms with van der Waals surface area (Å²) >= 11 is 0. The summed E-state index contributed by atoms with van der Waals surface area (Å²) in [7, 11) is 0. The molecule has 3 N–H and O–H groups in total. The van der Waals surface area contributed by atoms with Crippen LogP contribution in [0, 0.1) is 24.0 Å². The topological polar surface area (TPSA) is 131 Å². The third-order valence-electron chi connectivity index (χ3n) is 4.07. The van der Waals surface area contributed by atoms with Gasteiger partial charge in [0.2, 0.25) is 11.6 Å². The zero-order valence-corrected chi connectivity index (χ0v) is 16.4. The summed E-state index contributed by atoms with van der Waals surface area (Å²) in [5, 5.41) is 14.6. The molecule has 154 valence electrons. The van der Waals surface area contributed by atoms with Gasteiger partial charge in [-0.25, -0.2) is 9.97 Å². The second-order valence-electron chi connectivity index (χ2n) is 6.39. The van der Waals surface area contributed by atoms with Crippen LogP contribution in [-0.2, 0) is 4.79 Å². The average Bonchev–Trinajstić information content (AvgIpc) is 2.73. The maximum absolute atomic E-state index is 12.0. The fourth-order valence-electron chi connectivity index (χ4n) is 2.65. The first-order valence-electron chi connectivity index (χ1n) is 9.00. The van der Waals surface area contributed by atoms with E-state index in [1.807, 2.05) is 38.1 Å². The SMILES string of the molecule is Cc1ccc(Nc2ncnc(NNC(=O)COc3ccccc3)c2[N+](=O)[O-])c(C)c1.